The molecule has 0 atom stereocenters. The van der Waals surface area contributed by atoms with Crippen LogP contribution in [-0.4, -0.2) is 34.5 Å². The van der Waals surface area contributed by atoms with E-state index in [-0.39, 0.29) is 16.8 Å². The molecule has 0 saturated heterocycles. The van der Waals surface area contributed by atoms with Crippen molar-refractivity contribution in [3.8, 4) is 11.5 Å². The predicted molar refractivity (Wildman–Crippen MR) is 132 cm³/mol. The fourth-order valence-corrected chi connectivity index (χ4v) is 3.15. The molecule has 3 N–H and O–H groups in total. The monoisotopic (exact) mass is 504 g/mol. The molecule has 184 valence electrons. The lowest BCUT2D eigenvalue weighted by atomic mass is 10.2. The van der Waals surface area contributed by atoms with E-state index in [0.717, 1.165) is 22.7 Å². The number of thiocarbonyl (C=S) groups is 1. The molecule has 0 amide bonds. The average Bonchev–Trinajstić information content (AvgIpc) is 2.76. The zero-order chi connectivity index (χ0) is 25.4. The Balaban J connectivity index is 1.76. The van der Waals surface area contributed by atoms with Crippen LogP contribution in [0.3, 0.4) is 0 Å². The molecule has 3 aromatic rings. The molecule has 0 bridgehead atoms. The first-order chi connectivity index (χ1) is 16.6. The maximum Gasteiger partial charge on any atom is 0.573 e. The van der Waals surface area contributed by atoms with Gasteiger partial charge < -0.3 is 20.1 Å². The molecule has 0 saturated carbocycles. The molecule has 0 aliphatic heterocycles. The van der Waals surface area contributed by atoms with E-state index in [9.17, 15) is 13.2 Å². The number of aliphatic imine (C=N–C) groups is 1. The number of alkyl halides is 3. The van der Waals surface area contributed by atoms with Gasteiger partial charge in [-0.3, -0.25) is 5.32 Å². The van der Waals surface area contributed by atoms with Crippen molar-refractivity contribution in [3.05, 3.63) is 71.5 Å². The van der Waals surface area contributed by atoms with E-state index in [1.54, 1.807) is 13.2 Å². The summed E-state index contributed by atoms with van der Waals surface area (Å²) >= 11 is 5.33. The molecule has 0 aliphatic rings. The van der Waals surface area contributed by atoms with Crippen LogP contribution >= 0.6 is 12.2 Å². The summed E-state index contributed by atoms with van der Waals surface area (Å²) in [5.41, 5.74) is 2.72. The number of benzene rings is 2. The van der Waals surface area contributed by atoms with Crippen LogP contribution in [0.2, 0.25) is 0 Å². The van der Waals surface area contributed by atoms with Gasteiger partial charge >= 0.3 is 6.36 Å². The predicted octanol–water partition coefficient (Wildman–Crippen LogP) is 4.96. The Morgan fingerprint density at radius 3 is 2.29 bits per heavy atom. The number of nitrogens with zero attached hydrogens (tertiary/aromatic N) is 3. The summed E-state index contributed by atoms with van der Waals surface area (Å²) < 4.78 is 46.7. The number of aryl methyl sites for hydroxylation is 2. The van der Waals surface area contributed by atoms with Crippen molar-refractivity contribution in [2.45, 2.75) is 26.8 Å². The van der Waals surface area contributed by atoms with Crippen LogP contribution < -0.4 is 25.4 Å². The fraction of sp³-hybridized carbons (Fsp3) is 0.217. The highest BCUT2D eigenvalue weighted by molar-refractivity contribution is 7.80. The maximum absolute atomic E-state index is 12.5. The molecule has 35 heavy (non-hydrogen) atoms. The molecule has 3 rings (SSSR count). The van der Waals surface area contributed by atoms with Crippen LogP contribution in [0, 0.1) is 13.8 Å². The number of rotatable bonds is 6. The van der Waals surface area contributed by atoms with Gasteiger partial charge in [-0.25, -0.2) is 15.0 Å². The molecule has 0 unspecified atom stereocenters. The minimum Gasteiger partial charge on any atom is -0.497 e. The summed E-state index contributed by atoms with van der Waals surface area (Å²) in [4.78, 5) is 13.2. The van der Waals surface area contributed by atoms with Gasteiger partial charge in [0.25, 0.3) is 0 Å². The number of anilines is 2. The Kier molecular flexibility index (Phi) is 8.42. The first kappa shape index (κ1) is 25.7. The summed E-state index contributed by atoms with van der Waals surface area (Å²) in [6.45, 7) is 3.97. The molecule has 12 heteroatoms. The van der Waals surface area contributed by atoms with Gasteiger partial charge in [0.2, 0.25) is 11.9 Å². The van der Waals surface area contributed by atoms with E-state index in [1.165, 1.54) is 18.2 Å². The summed E-state index contributed by atoms with van der Waals surface area (Å²) in [7, 11) is 1.59. The third-order valence-electron chi connectivity index (χ3n) is 4.35. The highest BCUT2D eigenvalue weighted by Crippen LogP contribution is 2.25. The number of hydrogen-bond donors (Lipinski definition) is 3. The topological polar surface area (TPSA) is 92.7 Å². The lowest BCUT2D eigenvalue weighted by molar-refractivity contribution is -0.274. The smallest absolute Gasteiger partial charge is 0.497 e. The highest BCUT2D eigenvalue weighted by atomic mass is 32.1. The van der Waals surface area contributed by atoms with Crippen LogP contribution in [0.25, 0.3) is 0 Å². The quantitative estimate of drug-likeness (QED) is 0.247. The Morgan fingerprint density at radius 2 is 1.66 bits per heavy atom. The van der Waals surface area contributed by atoms with Crippen molar-refractivity contribution in [1.29, 1.82) is 0 Å². The van der Waals surface area contributed by atoms with Crippen LogP contribution in [0.1, 0.15) is 17.0 Å². The molecular weight excluding hydrogens is 481 g/mol. The largest absolute Gasteiger partial charge is 0.573 e. The number of ether oxygens (including phenoxy) is 2. The summed E-state index contributed by atoms with van der Waals surface area (Å²) in [5.74, 6) is 0.901. The van der Waals surface area contributed by atoms with Gasteiger partial charge in [-0.1, -0.05) is 18.2 Å². The molecule has 0 aliphatic carbocycles. The molecule has 1 heterocycles. The lowest BCUT2D eigenvalue weighted by Gasteiger charge is -2.15. The first-order valence-corrected chi connectivity index (χ1v) is 10.7. The third kappa shape index (κ3) is 8.74. The zero-order valence-electron chi connectivity index (χ0n) is 19.1. The number of aromatic nitrogens is 2. The van der Waals surface area contributed by atoms with E-state index in [2.05, 4.69) is 35.6 Å². The number of nitrogens with one attached hydrogen (secondary N) is 3. The van der Waals surface area contributed by atoms with E-state index in [1.807, 2.05) is 44.2 Å². The highest BCUT2D eigenvalue weighted by Gasteiger charge is 2.31. The van der Waals surface area contributed by atoms with Crippen LogP contribution in [0.15, 0.2) is 59.6 Å². The molecule has 8 nitrogen and oxygen atoms in total. The first-order valence-electron chi connectivity index (χ1n) is 10.3. The summed E-state index contributed by atoms with van der Waals surface area (Å²) in [6.07, 6.45) is -4.80. The van der Waals surface area contributed by atoms with Crippen molar-refractivity contribution < 1.29 is 22.6 Å². The van der Waals surface area contributed by atoms with Gasteiger partial charge in [0.15, 0.2) is 5.11 Å². The van der Waals surface area contributed by atoms with Crippen molar-refractivity contribution >= 4 is 34.9 Å². The van der Waals surface area contributed by atoms with Gasteiger partial charge in [-0.2, -0.15) is 0 Å². The minimum atomic E-state index is -4.80. The molecule has 0 fully saturated rings. The van der Waals surface area contributed by atoms with Gasteiger partial charge in [-0.15, -0.1) is 13.2 Å². The van der Waals surface area contributed by atoms with E-state index < -0.39 is 6.36 Å². The Labute approximate surface area is 205 Å². The SMILES string of the molecule is COc1ccc(CN=C(NC(=S)Nc2cccc(OC(F)(F)F)c2)Nc2nc(C)cc(C)n2)cc1. The Bertz CT molecular complexity index is 1180. The number of halogens is 3. The number of methoxy groups -OCH3 is 1. The standard InChI is InChI=1S/C23H23F3N6O2S/c1-14-11-15(2)29-21(28-14)31-20(27-13-16-7-9-18(33-3)10-8-16)32-22(35)30-17-5-4-6-19(12-17)34-23(24,25)26/h4-12H,13H2,1-3H3,(H3,27,28,29,30,31,32,35). The second kappa shape index (κ2) is 11.5. The molecule has 1 aromatic heterocycles. The fourth-order valence-electron chi connectivity index (χ4n) is 2.94. The van der Waals surface area contributed by atoms with E-state index in [0.29, 0.717) is 18.2 Å². The van der Waals surface area contributed by atoms with Crippen molar-refractivity contribution in [1.82, 2.24) is 15.3 Å². The summed E-state index contributed by atoms with van der Waals surface area (Å²) in [5, 5.41) is 8.81. The van der Waals surface area contributed by atoms with Gasteiger partial charge in [0, 0.05) is 23.1 Å². The van der Waals surface area contributed by atoms with Gasteiger partial charge in [-0.05, 0) is 62.0 Å². The van der Waals surface area contributed by atoms with Crippen molar-refractivity contribution in [3.63, 3.8) is 0 Å². The Hall–Kier alpha value is -3.93. The van der Waals surface area contributed by atoms with Crippen LogP contribution in [-0.2, 0) is 6.54 Å². The van der Waals surface area contributed by atoms with Crippen LogP contribution in [0.4, 0.5) is 24.8 Å². The normalized spacial score (nSPS) is 11.5. The molecule has 2 aromatic carbocycles. The number of hydrogen-bond acceptors (Lipinski definition) is 6. The number of guanidine groups is 1. The zero-order valence-corrected chi connectivity index (χ0v) is 19.9. The Morgan fingerprint density at radius 1 is 0.971 bits per heavy atom. The summed E-state index contributed by atoms with van der Waals surface area (Å²) in [6, 6.07) is 14.5. The molecule has 0 spiro atoms. The van der Waals surface area contributed by atoms with E-state index >= 15 is 0 Å². The van der Waals surface area contributed by atoms with Crippen molar-refractivity contribution in [2.24, 2.45) is 4.99 Å². The minimum absolute atomic E-state index is 0.0829. The molecule has 0 radical (unpaired) electrons. The van der Waals surface area contributed by atoms with Gasteiger partial charge in [0.1, 0.15) is 11.5 Å². The maximum atomic E-state index is 12.5. The average molecular weight is 505 g/mol. The molecular formula is C23H23F3N6O2S. The van der Waals surface area contributed by atoms with Crippen molar-refractivity contribution in [2.75, 3.05) is 17.7 Å². The third-order valence-corrected chi connectivity index (χ3v) is 4.55. The van der Waals surface area contributed by atoms with E-state index in [4.69, 9.17) is 17.0 Å². The van der Waals surface area contributed by atoms with Gasteiger partial charge in [0.05, 0.1) is 13.7 Å². The second-order valence-corrected chi connectivity index (χ2v) is 7.68. The second-order valence-electron chi connectivity index (χ2n) is 7.27. The lowest BCUT2D eigenvalue weighted by Crippen LogP contribution is -2.39. The van der Waals surface area contributed by atoms with Crippen LogP contribution in [0.5, 0.6) is 11.5 Å².